The Morgan fingerprint density at radius 1 is 1.00 bits per heavy atom. The highest BCUT2D eigenvalue weighted by Crippen LogP contribution is 2.62. The van der Waals surface area contributed by atoms with Gasteiger partial charge in [0.05, 0.1) is 6.04 Å². The molecule has 1 spiro atoms. The van der Waals surface area contributed by atoms with Gasteiger partial charge in [-0.05, 0) is 97.6 Å². The zero-order valence-corrected chi connectivity index (χ0v) is 17.5. The number of likely N-dealkylation sites (tertiary alicyclic amines) is 1. The van der Waals surface area contributed by atoms with E-state index in [1.165, 1.54) is 51.6 Å². The van der Waals surface area contributed by atoms with Crippen molar-refractivity contribution < 1.29 is 4.55 Å². The van der Waals surface area contributed by atoms with E-state index in [2.05, 4.69) is 51.2 Å². The first kappa shape index (κ1) is 19.0. The quantitative estimate of drug-likeness (QED) is 0.759. The standard InChI is InChI=1S/C20H38N2OS/c1-18(2,3)22-13-11-20(12-14-22)16-10-8-7-9-15(16)17(20)21-24(23)19(4,5)6/h15-17,21H,7-14H2,1-6H3/t15-,16?,17?,24+/m0/s1. The molecule has 2 unspecified atom stereocenters. The van der Waals surface area contributed by atoms with E-state index in [-0.39, 0.29) is 10.3 Å². The molecular weight excluding hydrogens is 316 g/mol. The molecular formula is C20H38N2OS. The van der Waals surface area contributed by atoms with Crippen LogP contribution in [0.5, 0.6) is 0 Å². The third-order valence-corrected chi connectivity index (χ3v) is 8.62. The van der Waals surface area contributed by atoms with Gasteiger partial charge in [-0.25, -0.2) is 0 Å². The molecule has 0 amide bonds. The SMILES string of the molecule is CC(C)(C)N1CCC2(CC1)C1CCCC[C@@H]1C2N[S@+]([O-])C(C)(C)C. The van der Waals surface area contributed by atoms with Crippen molar-refractivity contribution in [2.75, 3.05) is 13.1 Å². The molecule has 0 radical (unpaired) electrons. The molecule has 3 aliphatic rings. The fourth-order valence-corrected chi connectivity index (χ4v) is 6.58. The molecule has 1 N–H and O–H groups in total. The third-order valence-electron chi connectivity index (χ3n) is 7.04. The molecule has 4 atom stereocenters. The number of fused-ring (bicyclic) bond motifs is 2. The van der Waals surface area contributed by atoms with E-state index in [4.69, 9.17) is 0 Å². The van der Waals surface area contributed by atoms with Gasteiger partial charge in [0.15, 0.2) is 0 Å². The second-order valence-corrected chi connectivity index (χ2v) is 12.4. The smallest absolute Gasteiger partial charge is 0.136 e. The van der Waals surface area contributed by atoms with Crippen molar-refractivity contribution in [2.45, 2.75) is 96.4 Å². The molecule has 3 nitrogen and oxygen atoms in total. The Morgan fingerprint density at radius 2 is 1.58 bits per heavy atom. The lowest BCUT2D eigenvalue weighted by atomic mass is 9.43. The fourth-order valence-electron chi connectivity index (χ4n) is 5.58. The molecule has 3 fully saturated rings. The van der Waals surface area contributed by atoms with Crippen LogP contribution in [0.4, 0.5) is 0 Å². The summed E-state index contributed by atoms with van der Waals surface area (Å²) in [4.78, 5) is 2.65. The molecule has 0 aromatic heterocycles. The highest BCUT2D eigenvalue weighted by atomic mass is 32.2. The monoisotopic (exact) mass is 354 g/mol. The molecule has 140 valence electrons. The van der Waals surface area contributed by atoms with E-state index < -0.39 is 11.4 Å². The topological polar surface area (TPSA) is 38.3 Å². The van der Waals surface area contributed by atoms with Crippen molar-refractivity contribution >= 4 is 11.4 Å². The molecule has 24 heavy (non-hydrogen) atoms. The van der Waals surface area contributed by atoms with E-state index >= 15 is 0 Å². The molecule has 0 aromatic carbocycles. The van der Waals surface area contributed by atoms with Gasteiger partial charge in [0.1, 0.15) is 4.75 Å². The zero-order chi connectivity index (χ0) is 17.8. The largest absolute Gasteiger partial charge is 0.598 e. The van der Waals surface area contributed by atoms with Gasteiger partial charge in [-0.15, -0.1) is 4.72 Å². The Hall–Kier alpha value is 0.230. The van der Waals surface area contributed by atoms with Gasteiger partial charge >= 0.3 is 0 Å². The summed E-state index contributed by atoms with van der Waals surface area (Å²) < 4.78 is 16.2. The van der Waals surface area contributed by atoms with Crippen molar-refractivity contribution in [3.05, 3.63) is 0 Å². The van der Waals surface area contributed by atoms with Crippen molar-refractivity contribution in [2.24, 2.45) is 17.3 Å². The van der Waals surface area contributed by atoms with E-state index in [1.54, 1.807) is 0 Å². The van der Waals surface area contributed by atoms with E-state index in [0.29, 0.717) is 11.5 Å². The van der Waals surface area contributed by atoms with Gasteiger partial charge in [-0.3, -0.25) is 4.90 Å². The van der Waals surface area contributed by atoms with Crippen LogP contribution in [0, 0.1) is 17.3 Å². The predicted octanol–water partition coefficient (Wildman–Crippen LogP) is 4.11. The lowest BCUT2D eigenvalue weighted by Crippen LogP contribution is -2.71. The van der Waals surface area contributed by atoms with Crippen LogP contribution in [0.25, 0.3) is 0 Å². The van der Waals surface area contributed by atoms with Crippen LogP contribution in [0.3, 0.4) is 0 Å². The van der Waals surface area contributed by atoms with Crippen molar-refractivity contribution in [3.63, 3.8) is 0 Å². The summed E-state index contributed by atoms with van der Waals surface area (Å²) >= 11 is -0.948. The van der Waals surface area contributed by atoms with Crippen LogP contribution in [-0.2, 0) is 11.4 Å². The number of hydrogen-bond donors (Lipinski definition) is 1. The minimum absolute atomic E-state index is 0.174. The van der Waals surface area contributed by atoms with Gasteiger partial charge in [-0.2, -0.15) is 0 Å². The van der Waals surface area contributed by atoms with Crippen molar-refractivity contribution in [3.8, 4) is 0 Å². The first-order valence-electron chi connectivity index (χ1n) is 9.99. The Bertz CT molecular complexity index is 446. The maximum absolute atomic E-state index is 12.8. The number of nitrogens with one attached hydrogen (secondary N) is 1. The number of nitrogens with zero attached hydrogens (tertiary/aromatic N) is 1. The minimum Gasteiger partial charge on any atom is -0.598 e. The molecule has 2 aliphatic carbocycles. The normalized spacial score (nSPS) is 35.4. The Balaban J connectivity index is 1.74. The maximum atomic E-state index is 12.8. The lowest BCUT2D eigenvalue weighted by molar-refractivity contribution is -0.143. The van der Waals surface area contributed by atoms with Crippen molar-refractivity contribution in [1.29, 1.82) is 0 Å². The molecule has 3 rings (SSSR count). The molecule has 1 saturated heterocycles. The number of rotatable bonds is 2. The van der Waals surface area contributed by atoms with Gasteiger partial charge in [0.2, 0.25) is 0 Å². The molecule has 4 heteroatoms. The number of piperidine rings is 1. The summed E-state index contributed by atoms with van der Waals surface area (Å²) in [6.45, 7) is 15.7. The fraction of sp³-hybridized carbons (Fsp3) is 1.00. The Kier molecular flexibility index (Phi) is 5.10. The second kappa shape index (κ2) is 6.44. The van der Waals surface area contributed by atoms with Gasteiger partial charge in [-0.1, -0.05) is 12.8 Å². The van der Waals surface area contributed by atoms with Gasteiger partial charge < -0.3 is 4.55 Å². The van der Waals surface area contributed by atoms with E-state index in [1.807, 2.05) is 0 Å². The van der Waals surface area contributed by atoms with E-state index in [9.17, 15) is 4.55 Å². The second-order valence-electron chi connectivity index (χ2n) is 10.4. The molecule has 0 bridgehead atoms. The van der Waals surface area contributed by atoms with Crippen LogP contribution < -0.4 is 4.72 Å². The third kappa shape index (κ3) is 3.28. The average Bonchev–Trinajstić information content (AvgIpc) is 2.50. The first-order valence-corrected chi connectivity index (χ1v) is 11.1. The molecule has 1 heterocycles. The average molecular weight is 355 g/mol. The van der Waals surface area contributed by atoms with Crippen LogP contribution in [-0.4, -0.2) is 38.9 Å². The van der Waals surface area contributed by atoms with Gasteiger partial charge in [0.25, 0.3) is 0 Å². The van der Waals surface area contributed by atoms with Crippen molar-refractivity contribution in [1.82, 2.24) is 9.62 Å². The van der Waals surface area contributed by atoms with Crippen LogP contribution in [0.1, 0.15) is 80.1 Å². The summed E-state index contributed by atoms with van der Waals surface area (Å²) in [5.74, 6) is 1.65. The predicted molar refractivity (Wildman–Crippen MR) is 103 cm³/mol. The van der Waals surface area contributed by atoms with Crippen LogP contribution >= 0.6 is 0 Å². The minimum atomic E-state index is -0.948. The van der Waals surface area contributed by atoms with Crippen LogP contribution in [0.2, 0.25) is 0 Å². The summed E-state index contributed by atoms with van der Waals surface area (Å²) in [6.07, 6.45) is 8.08. The van der Waals surface area contributed by atoms with E-state index in [0.717, 1.165) is 11.8 Å². The Morgan fingerprint density at radius 3 is 2.12 bits per heavy atom. The summed E-state index contributed by atoms with van der Waals surface area (Å²) in [5.41, 5.74) is 0.683. The van der Waals surface area contributed by atoms with Crippen LogP contribution in [0.15, 0.2) is 0 Å². The molecule has 0 aromatic rings. The zero-order valence-electron chi connectivity index (χ0n) is 16.7. The number of hydrogen-bond acceptors (Lipinski definition) is 3. The molecule has 1 aliphatic heterocycles. The summed E-state index contributed by atoms with van der Waals surface area (Å²) in [6, 6.07) is 0.477. The highest BCUT2D eigenvalue weighted by Gasteiger charge is 2.63. The first-order chi connectivity index (χ1) is 11.1. The molecule has 2 saturated carbocycles. The summed E-state index contributed by atoms with van der Waals surface area (Å²) in [7, 11) is 0. The lowest BCUT2D eigenvalue weighted by Gasteiger charge is -2.66. The highest BCUT2D eigenvalue weighted by molar-refractivity contribution is 7.90. The van der Waals surface area contributed by atoms with Gasteiger partial charge in [0, 0.05) is 16.9 Å². The maximum Gasteiger partial charge on any atom is 0.136 e. The summed E-state index contributed by atoms with van der Waals surface area (Å²) in [5, 5.41) is 0. The Labute approximate surface area is 152 Å².